The fourth-order valence-electron chi connectivity index (χ4n) is 3.15. The Morgan fingerprint density at radius 2 is 1.94 bits per heavy atom. The molecule has 0 aliphatic rings. The number of halogens is 3. The first-order valence-corrected chi connectivity index (χ1v) is 10.3. The highest BCUT2D eigenvalue weighted by Crippen LogP contribution is 2.33. The van der Waals surface area contributed by atoms with Crippen molar-refractivity contribution < 1.29 is 31.9 Å². The largest absolute Gasteiger partial charge is 0.493 e. The minimum atomic E-state index is -4.59. The van der Waals surface area contributed by atoms with Crippen LogP contribution in [0.25, 0.3) is 22.3 Å². The third-order valence-corrected chi connectivity index (χ3v) is 4.99. The Balaban J connectivity index is 1.79. The Kier molecular flexibility index (Phi) is 7.22. The number of aryl methyl sites for hydroxylation is 2. The van der Waals surface area contributed by atoms with Crippen LogP contribution in [-0.2, 0) is 22.4 Å². The van der Waals surface area contributed by atoms with E-state index in [1.165, 1.54) is 0 Å². The number of hydrogen-bond donors (Lipinski definition) is 0. The van der Waals surface area contributed by atoms with E-state index >= 15 is 0 Å². The summed E-state index contributed by atoms with van der Waals surface area (Å²) in [6.45, 7) is 5.68. The van der Waals surface area contributed by atoms with Crippen LogP contribution in [0, 0.1) is 5.92 Å². The zero-order valence-electron chi connectivity index (χ0n) is 17.9. The first kappa shape index (κ1) is 23.4. The van der Waals surface area contributed by atoms with Crippen LogP contribution >= 0.6 is 0 Å². The summed E-state index contributed by atoms with van der Waals surface area (Å²) in [4.78, 5) is 15.7. The molecule has 3 rings (SSSR count). The molecule has 8 heteroatoms. The monoisotopic (exact) mass is 447 g/mol. The fourth-order valence-corrected chi connectivity index (χ4v) is 3.15. The lowest BCUT2D eigenvalue weighted by atomic mass is 10.1. The molecule has 32 heavy (non-hydrogen) atoms. The molecule has 1 unspecified atom stereocenters. The number of fused-ring (bicyclic) bond motifs is 1. The van der Waals surface area contributed by atoms with Crippen molar-refractivity contribution in [3.8, 4) is 17.1 Å². The van der Waals surface area contributed by atoms with E-state index in [4.69, 9.17) is 9.15 Å². The van der Waals surface area contributed by atoms with Crippen molar-refractivity contribution in [2.24, 2.45) is 5.92 Å². The van der Waals surface area contributed by atoms with Crippen LogP contribution in [-0.4, -0.2) is 30.3 Å². The van der Waals surface area contributed by atoms with Crippen molar-refractivity contribution in [1.82, 2.24) is 4.98 Å². The number of furan rings is 1. The third kappa shape index (κ3) is 5.49. The van der Waals surface area contributed by atoms with Crippen molar-refractivity contribution in [2.75, 3.05) is 13.2 Å². The molecule has 0 saturated heterocycles. The standard InChI is InChI=1S/C24H24F3NO4/c1-4-17-8-10-19(20(5-2)28-17)22-11-15-7-9-18(12-21(15)32-22)30-13-16(24(25,26)27)14-31-23(29)6-3/h6-12,16H,3-5,13-14H2,1-2H3. The Morgan fingerprint density at radius 3 is 2.59 bits per heavy atom. The number of benzene rings is 1. The maximum absolute atomic E-state index is 13.2. The van der Waals surface area contributed by atoms with E-state index in [1.807, 2.05) is 32.0 Å². The van der Waals surface area contributed by atoms with Gasteiger partial charge in [0.2, 0.25) is 0 Å². The second kappa shape index (κ2) is 9.89. The Hall–Kier alpha value is -3.29. The van der Waals surface area contributed by atoms with Crippen LogP contribution in [0.15, 0.2) is 53.5 Å². The van der Waals surface area contributed by atoms with Gasteiger partial charge in [-0.3, -0.25) is 4.98 Å². The van der Waals surface area contributed by atoms with Crippen molar-refractivity contribution >= 4 is 16.9 Å². The number of carbonyl (C=O) groups is 1. The Morgan fingerprint density at radius 1 is 1.16 bits per heavy atom. The van der Waals surface area contributed by atoms with Gasteiger partial charge in [0.1, 0.15) is 36.2 Å². The van der Waals surface area contributed by atoms with E-state index < -0.39 is 31.3 Å². The van der Waals surface area contributed by atoms with Gasteiger partial charge in [0.15, 0.2) is 0 Å². The van der Waals surface area contributed by atoms with Crippen LogP contribution in [0.1, 0.15) is 25.2 Å². The van der Waals surface area contributed by atoms with Gasteiger partial charge in [-0.15, -0.1) is 0 Å². The molecule has 1 aromatic carbocycles. The van der Waals surface area contributed by atoms with Gasteiger partial charge >= 0.3 is 12.1 Å². The molecule has 0 aliphatic heterocycles. The minimum absolute atomic E-state index is 0.220. The van der Waals surface area contributed by atoms with E-state index in [9.17, 15) is 18.0 Å². The fraction of sp³-hybridized carbons (Fsp3) is 0.333. The normalized spacial score (nSPS) is 12.5. The number of nitrogens with zero attached hydrogens (tertiary/aromatic N) is 1. The summed E-state index contributed by atoms with van der Waals surface area (Å²) < 4.78 is 55.5. The zero-order chi connectivity index (χ0) is 23.3. The molecule has 0 amide bonds. The lowest BCUT2D eigenvalue weighted by Crippen LogP contribution is -2.33. The lowest BCUT2D eigenvalue weighted by molar-refractivity contribution is -0.195. The predicted molar refractivity (Wildman–Crippen MR) is 114 cm³/mol. The number of ether oxygens (including phenoxy) is 2. The van der Waals surface area contributed by atoms with Gasteiger partial charge in [-0.25, -0.2) is 4.79 Å². The van der Waals surface area contributed by atoms with Crippen LogP contribution in [0.3, 0.4) is 0 Å². The summed E-state index contributed by atoms with van der Waals surface area (Å²) in [5.74, 6) is -2.03. The summed E-state index contributed by atoms with van der Waals surface area (Å²) in [7, 11) is 0. The van der Waals surface area contributed by atoms with Crippen LogP contribution in [0.2, 0.25) is 0 Å². The number of aromatic nitrogens is 1. The topological polar surface area (TPSA) is 61.6 Å². The van der Waals surface area contributed by atoms with E-state index in [2.05, 4.69) is 16.3 Å². The van der Waals surface area contributed by atoms with Gasteiger partial charge in [0, 0.05) is 28.8 Å². The number of esters is 1. The van der Waals surface area contributed by atoms with Crippen LogP contribution in [0.4, 0.5) is 13.2 Å². The third-order valence-electron chi connectivity index (χ3n) is 4.99. The second-order valence-electron chi connectivity index (χ2n) is 7.20. The molecule has 0 fully saturated rings. The van der Waals surface area contributed by atoms with Gasteiger partial charge < -0.3 is 13.9 Å². The van der Waals surface area contributed by atoms with Crippen LogP contribution in [0.5, 0.6) is 5.75 Å². The Labute approximate surface area is 183 Å². The second-order valence-corrected chi connectivity index (χ2v) is 7.20. The molecule has 2 aromatic heterocycles. The summed E-state index contributed by atoms with van der Waals surface area (Å²) in [5, 5.41) is 0.793. The molecule has 1 atom stereocenters. The first-order valence-electron chi connectivity index (χ1n) is 10.3. The summed E-state index contributed by atoms with van der Waals surface area (Å²) >= 11 is 0. The average molecular weight is 447 g/mol. The quantitative estimate of drug-likeness (QED) is 0.302. The number of hydrogen-bond acceptors (Lipinski definition) is 5. The molecule has 3 aromatic rings. The molecular weight excluding hydrogens is 423 g/mol. The number of carbonyl (C=O) groups excluding carboxylic acids is 1. The molecule has 0 radical (unpaired) electrons. The lowest BCUT2D eigenvalue weighted by Gasteiger charge is -2.20. The molecular formula is C24H24F3NO4. The molecule has 5 nitrogen and oxygen atoms in total. The van der Waals surface area contributed by atoms with Gasteiger partial charge in [0.25, 0.3) is 0 Å². The van der Waals surface area contributed by atoms with E-state index in [1.54, 1.807) is 18.2 Å². The highest BCUT2D eigenvalue weighted by Gasteiger charge is 2.41. The maximum atomic E-state index is 13.2. The molecule has 0 aliphatic carbocycles. The molecule has 0 bridgehead atoms. The zero-order valence-corrected chi connectivity index (χ0v) is 17.9. The summed E-state index contributed by atoms with van der Waals surface area (Å²) in [5.41, 5.74) is 3.28. The highest BCUT2D eigenvalue weighted by molar-refractivity contribution is 5.84. The molecule has 0 spiro atoms. The SMILES string of the molecule is C=CC(=O)OCC(COc1ccc2cc(-c3ccc(CC)nc3CC)oc2c1)C(F)(F)F. The molecule has 2 heterocycles. The van der Waals surface area contributed by atoms with Crippen molar-refractivity contribution in [3.63, 3.8) is 0 Å². The predicted octanol–water partition coefficient (Wildman–Crippen LogP) is 5.91. The maximum Gasteiger partial charge on any atom is 0.398 e. The minimum Gasteiger partial charge on any atom is -0.493 e. The van der Waals surface area contributed by atoms with Crippen LogP contribution < -0.4 is 4.74 Å². The van der Waals surface area contributed by atoms with E-state index in [-0.39, 0.29) is 5.75 Å². The first-order chi connectivity index (χ1) is 15.2. The van der Waals surface area contributed by atoms with Crippen molar-refractivity contribution in [2.45, 2.75) is 32.9 Å². The van der Waals surface area contributed by atoms with E-state index in [0.29, 0.717) is 11.3 Å². The number of alkyl halides is 3. The van der Waals surface area contributed by atoms with Gasteiger partial charge in [-0.05, 0) is 43.2 Å². The van der Waals surface area contributed by atoms with Gasteiger partial charge in [-0.1, -0.05) is 20.4 Å². The van der Waals surface area contributed by atoms with Gasteiger partial charge in [0.05, 0.1) is 5.69 Å². The number of rotatable bonds is 9. The summed E-state index contributed by atoms with van der Waals surface area (Å²) in [6, 6.07) is 10.6. The molecule has 0 saturated carbocycles. The molecule has 0 N–H and O–H groups in total. The van der Waals surface area contributed by atoms with Crippen molar-refractivity contribution in [1.29, 1.82) is 0 Å². The average Bonchev–Trinajstić information content (AvgIpc) is 3.20. The van der Waals surface area contributed by atoms with Gasteiger partial charge in [-0.2, -0.15) is 13.2 Å². The highest BCUT2D eigenvalue weighted by atomic mass is 19.4. The summed E-state index contributed by atoms with van der Waals surface area (Å²) in [6.07, 6.45) is -2.20. The smallest absolute Gasteiger partial charge is 0.398 e. The number of pyridine rings is 1. The Bertz CT molecular complexity index is 1100. The molecule has 170 valence electrons. The van der Waals surface area contributed by atoms with E-state index in [0.717, 1.165) is 41.3 Å². The van der Waals surface area contributed by atoms with Crippen molar-refractivity contribution in [3.05, 3.63) is 60.4 Å².